The van der Waals surface area contributed by atoms with Crippen LogP contribution < -0.4 is 0 Å². The zero-order valence-corrected chi connectivity index (χ0v) is 22.1. The first-order valence-corrected chi connectivity index (χ1v) is 14.4. The van der Waals surface area contributed by atoms with E-state index in [1.165, 1.54) is 0 Å². The third kappa shape index (κ3) is 4.55. The molecule has 0 aliphatic carbocycles. The molecule has 2 heterocycles. The number of hydrogen-bond acceptors (Lipinski definition) is 5. The van der Waals surface area contributed by atoms with Crippen molar-refractivity contribution < 1.29 is 18.8 Å². The van der Waals surface area contributed by atoms with Gasteiger partial charge in [-0.3, -0.25) is 9.63 Å². The molecule has 0 amide bonds. The number of rotatable bonds is 5. The Bertz CT molecular complexity index is 798. The number of hydrogen-bond donors (Lipinski definition) is 0. The van der Waals surface area contributed by atoms with Gasteiger partial charge in [0, 0.05) is 3.57 Å². The summed E-state index contributed by atoms with van der Waals surface area (Å²) in [5.41, 5.74) is 2.20. The van der Waals surface area contributed by atoms with Crippen molar-refractivity contribution in [2.45, 2.75) is 77.5 Å². The molecule has 29 heavy (non-hydrogen) atoms. The fourth-order valence-electron chi connectivity index (χ4n) is 3.69. The standard InChI is InChI=1S/C21H31ClINO4Si/c1-12-14(8-9-15(22)18(12)23)10-24-19-17(13(2)27-20(19)25)16(28-24)11-26-29(6,7)21(3,4)5/h8-9,13,16-17,19H,10-11H2,1-7H3/t13-,16-,17+,19-/m0/s1. The number of benzene rings is 1. The van der Waals surface area contributed by atoms with Crippen LogP contribution in [0.1, 0.15) is 38.8 Å². The van der Waals surface area contributed by atoms with Crippen LogP contribution in [0.5, 0.6) is 0 Å². The minimum atomic E-state index is -1.91. The highest BCUT2D eigenvalue weighted by atomic mass is 127. The molecule has 1 aromatic carbocycles. The number of fused-ring (bicyclic) bond motifs is 1. The van der Waals surface area contributed by atoms with E-state index in [-0.39, 0.29) is 29.1 Å². The molecule has 2 saturated heterocycles. The summed E-state index contributed by atoms with van der Waals surface area (Å²) in [7, 11) is -1.91. The first kappa shape index (κ1) is 23.5. The molecule has 8 heteroatoms. The van der Waals surface area contributed by atoms with E-state index in [0.717, 1.165) is 19.7 Å². The number of esters is 1. The summed E-state index contributed by atoms with van der Waals surface area (Å²) < 4.78 is 13.0. The number of cyclic esters (lactones) is 1. The lowest BCUT2D eigenvalue weighted by atomic mass is 9.93. The summed E-state index contributed by atoms with van der Waals surface area (Å²) in [5, 5.41) is 2.65. The van der Waals surface area contributed by atoms with Gasteiger partial charge in [0.2, 0.25) is 0 Å². The Morgan fingerprint density at radius 1 is 1.31 bits per heavy atom. The van der Waals surface area contributed by atoms with Crippen LogP contribution in [-0.4, -0.2) is 44.2 Å². The van der Waals surface area contributed by atoms with Gasteiger partial charge >= 0.3 is 5.97 Å². The van der Waals surface area contributed by atoms with Crippen molar-refractivity contribution in [1.29, 1.82) is 0 Å². The molecule has 2 aliphatic rings. The van der Waals surface area contributed by atoms with Crippen molar-refractivity contribution in [3.63, 3.8) is 0 Å². The van der Waals surface area contributed by atoms with Gasteiger partial charge in [-0.15, -0.1) is 0 Å². The van der Waals surface area contributed by atoms with Gasteiger partial charge in [-0.1, -0.05) is 38.4 Å². The van der Waals surface area contributed by atoms with Crippen LogP contribution in [0.2, 0.25) is 23.2 Å². The van der Waals surface area contributed by atoms with Crippen molar-refractivity contribution in [3.8, 4) is 0 Å². The van der Waals surface area contributed by atoms with Crippen LogP contribution in [0.3, 0.4) is 0 Å². The zero-order valence-electron chi connectivity index (χ0n) is 18.2. The maximum atomic E-state index is 12.6. The Labute approximate surface area is 193 Å². The second-order valence-electron chi connectivity index (χ2n) is 9.60. The van der Waals surface area contributed by atoms with Crippen LogP contribution in [0.15, 0.2) is 12.1 Å². The summed E-state index contributed by atoms with van der Waals surface area (Å²) >= 11 is 8.49. The quantitative estimate of drug-likeness (QED) is 0.282. The second kappa shape index (κ2) is 8.39. The normalized spacial score (nSPS) is 28.0. The number of ether oxygens (including phenoxy) is 1. The first-order chi connectivity index (χ1) is 13.3. The van der Waals surface area contributed by atoms with Crippen molar-refractivity contribution in [2.75, 3.05) is 6.61 Å². The zero-order chi connectivity index (χ0) is 21.7. The third-order valence-corrected chi connectivity index (χ3v) is 13.2. The molecular weight excluding hydrogens is 521 g/mol. The topological polar surface area (TPSA) is 48.0 Å². The third-order valence-electron chi connectivity index (χ3n) is 6.65. The summed E-state index contributed by atoms with van der Waals surface area (Å²) in [4.78, 5) is 18.9. The predicted octanol–water partition coefficient (Wildman–Crippen LogP) is 5.32. The minimum absolute atomic E-state index is 0.0288. The van der Waals surface area contributed by atoms with Crippen LogP contribution in [0.4, 0.5) is 0 Å². The summed E-state index contributed by atoms with van der Waals surface area (Å²) in [6.07, 6.45) is -0.376. The van der Waals surface area contributed by atoms with Gasteiger partial charge in [0.25, 0.3) is 0 Å². The van der Waals surface area contributed by atoms with Gasteiger partial charge in [0.05, 0.1) is 24.1 Å². The van der Waals surface area contributed by atoms with Gasteiger partial charge in [-0.05, 0) is 71.8 Å². The lowest BCUT2D eigenvalue weighted by Gasteiger charge is -2.37. The number of nitrogens with zero attached hydrogens (tertiary/aromatic N) is 1. The Balaban J connectivity index is 1.80. The number of carbonyl (C=O) groups is 1. The Hall–Kier alpha value is -0.193. The average molecular weight is 552 g/mol. The van der Waals surface area contributed by atoms with Gasteiger partial charge in [0.15, 0.2) is 8.32 Å². The molecular formula is C21H31ClINO4Si. The average Bonchev–Trinajstić information content (AvgIpc) is 3.12. The second-order valence-corrected chi connectivity index (χ2v) is 15.9. The summed E-state index contributed by atoms with van der Waals surface area (Å²) in [6, 6.07) is 3.50. The van der Waals surface area contributed by atoms with E-state index in [2.05, 4.69) is 56.5 Å². The number of hydroxylamine groups is 2. The van der Waals surface area contributed by atoms with E-state index < -0.39 is 14.4 Å². The molecule has 3 rings (SSSR count). The molecule has 2 aliphatic heterocycles. The number of carbonyl (C=O) groups excluding carboxylic acids is 1. The molecule has 0 aromatic heterocycles. The SMILES string of the molecule is Cc1c(CN2O[C@@H](CO[Si](C)(C)C(C)(C)C)[C@H]3[C@H](C)OC(=O)[C@H]32)ccc(Cl)c1I. The van der Waals surface area contributed by atoms with Crippen LogP contribution in [0.25, 0.3) is 0 Å². The first-order valence-electron chi connectivity index (χ1n) is 10.0. The van der Waals surface area contributed by atoms with Crippen molar-refractivity contribution in [2.24, 2.45) is 5.92 Å². The fourth-order valence-corrected chi connectivity index (χ4v) is 5.43. The monoisotopic (exact) mass is 551 g/mol. The highest BCUT2D eigenvalue weighted by molar-refractivity contribution is 14.1. The van der Waals surface area contributed by atoms with E-state index in [0.29, 0.717) is 13.2 Å². The number of halogens is 2. The smallest absolute Gasteiger partial charge is 0.326 e. The molecule has 2 fully saturated rings. The lowest BCUT2D eigenvalue weighted by Crippen LogP contribution is -2.44. The van der Waals surface area contributed by atoms with E-state index in [4.69, 9.17) is 25.6 Å². The van der Waals surface area contributed by atoms with Gasteiger partial charge in [-0.2, -0.15) is 5.06 Å². The van der Waals surface area contributed by atoms with E-state index in [1.54, 1.807) is 5.06 Å². The van der Waals surface area contributed by atoms with Crippen LogP contribution in [0, 0.1) is 16.4 Å². The Morgan fingerprint density at radius 3 is 2.59 bits per heavy atom. The molecule has 0 saturated carbocycles. The van der Waals surface area contributed by atoms with E-state index in [9.17, 15) is 4.79 Å². The molecule has 0 unspecified atom stereocenters. The molecule has 0 radical (unpaired) electrons. The van der Waals surface area contributed by atoms with Crippen LogP contribution in [-0.2, 0) is 25.3 Å². The Morgan fingerprint density at radius 2 is 1.97 bits per heavy atom. The predicted molar refractivity (Wildman–Crippen MR) is 125 cm³/mol. The summed E-state index contributed by atoms with van der Waals surface area (Å²) in [6.45, 7) is 16.1. The molecule has 162 valence electrons. The Kier molecular flexibility index (Phi) is 6.79. The molecule has 0 N–H and O–H groups in total. The highest BCUT2D eigenvalue weighted by Crippen LogP contribution is 2.41. The van der Waals surface area contributed by atoms with Gasteiger partial charge in [-0.25, -0.2) is 0 Å². The minimum Gasteiger partial charge on any atom is -0.461 e. The maximum absolute atomic E-state index is 12.6. The van der Waals surface area contributed by atoms with Crippen LogP contribution >= 0.6 is 34.2 Å². The molecule has 0 spiro atoms. The van der Waals surface area contributed by atoms with Crippen molar-refractivity contribution in [1.82, 2.24) is 5.06 Å². The summed E-state index contributed by atoms with van der Waals surface area (Å²) in [5.74, 6) is -0.238. The molecule has 5 nitrogen and oxygen atoms in total. The highest BCUT2D eigenvalue weighted by Gasteiger charge is 2.56. The van der Waals surface area contributed by atoms with Gasteiger partial charge < -0.3 is 9.16 Å². The maximum Gasteiger partial charge on any atom is 0.326 e. The largest absolute Gasteiger partial charge is 0.461 e. The molecule has 1 aromatic rings. The molecule has 0 bridgehead atoms. The van der Waals surface area contributed by atoms with Gasteiger partial charge in [0.1, 0.15) is 18.2 Å². The van der Waals surface area contributed by atoms with E-state index in [1.807, 2.05) is 26.0 Å². The lowest BCUT2D eigenvalue weighted by molar-refractivity contribution is -0.195. The van der Waals surface area contributed by atoms with E-state index >= 15 is 0 Å². The molecule has 4 atom stereocenters. The van der Waals surface area contributed by atoms with Crippen molar-refractivity contribution in [3.05, 3.63) is 31.9 Å². The van der Waals surface area contributed by atoms with Crippen molar-refractivity contribution >= 4 is 48.5 Å². The fraction of sp³-hybridized carbons (Fsp3) is 0.667.